The summed E-state index contributed by atoms with van der Waals surface area (Å²) in [5.41, 5.74) is 0.922. The van der Waals surface area contributed by atoms with Crippen molar-refractivity contribution in [3.63, 3.8) is 0 Å². The van der Waals surface area contributed by atoms with Crippen molar-refractivity contribution in [2.75, 3.05) is 13.6 Å². The van der Waals surface area contributed by atoms with Gasteiger partial charge < -0.3 is 10.2 Å². The van der Waals surface area contributed by atoms with Gasteiger partial charge in [0.25, 0.3) is 0 Å². The number of carbonyl (C=O) groups excluding carboxylic acids is 2. The molecule has 0 aliphatic carbocycles. The van der Waals surface area contributed by atoms with E-state index in [4.69, 9.17) is 0 Å². The molecule has 1 aliphatic rings. The number of piperidine rings is 1. The third-order valence-electron chi connectivity index (χ3n) is 3.70. The van der Waals surface area contributed by atoms with Crippen LogP contribution in [0, 0.1) is 5.92 Å². The van der Waals surface area contributed by atoms with Crippen LogP contribution in [0.1, 0.15) is 31.4 Å². The fourth-order valence-electron chi connectivity index (χ4n) is 2.79. The SMILES string of the molecule is CCN1C(=O)CC[C@H](C(=O)NC)[C@@H]1c1cnn(C)c1. The maximum absolute atomic E-state index is 12.0. The van der Waals surface area contributed by atoms with Gasteiger partial charge in [0, 0.05) is 38.8 Å². The van der Waals surface area contributed by atoms with Crippen molar-refractivity contribution >= 4 is 11.8 Å². The Morgan fingerprint density at radius 2 is 2.32 bits per heavy atom. The van der Waals surface area contributed by atoms with Gasteiger partial charge >= 0.3 is 0 Å². The first-order valence-electron chi connectivity index (χ1n) is 6.58. The molecule has 2 atom stereocenters. The van der Waals surface area contributed by atoms with Crippen molar-refractivity contribution in [2.24, 2.45) is 13.0 Å². The predicted molar refractivity (Wildman–Crippen MR) is 70.1 cm³/mol. The van der Waals surface area contributed by atoms with Gasteiger partial charge in [-0.25, -0.2) is 0 Å². The maximum atomic E-state index is 12.0. The lowest BCUT2D eigenvalue weighted by Gasteiger charge is -2.39. The van der Waals surface area contributed by atoms with E-state index in [1.54, 1.807) is 22.8 Å². The lowest BCUT2D eigenvalue weighted by molar-refractivity contribution is -0.143. The average molecular weight is 264 g/mol. The second-order valence-corrected chi connectivity index (χ2v) is 4.83. The first-order chi connectivity index (χ1) is 9.08. The first kappa shape index (κ1) is 13.6. The zero-order valence-electron chi connectivity index (χ0n) is 11.6. The molecule has 1 fully saturated rings. The highest BCUT2D eigenvalue weighted by molar-refractivity contribution is 5.84. The van der Waals surface area contributed by atoms with Gasteiger partial charge in [0.2, 0.25) is 11.8 Å². The quantitative estimate of drug-likeness (QED) is 0.862. The van der Waals surface area contributed by atoms with Crippen LogP contribution in [0.5, 0.6) is 0 Å². The number of carbonyl (C=O) groups is 2. The molecule has 0 unspecified atom stereocenters. The Morgan fingerprint density at radius 3 is 2.84 bits per heavy atom. The Bertz CT molecular complexity index is 483. The van der Waals surface area contributed by atoms with Crippen molar-refractivity contribution < 1.29 is 9.59 Å². The van der Waals surface area contributed by atoms with E-state index in [1.165, 1.54) is 0 Å². The molecule has 1 N–H and O–H groups in total. The summed E-state index contributed by atoms with van der Waals surface area (Å²) in [5.74, 6) is -0.108. The Labute approximate surface area is 112 Å². The smallest absolute Gasteiger partial charge is 0.225 e. The summed E-state index contributed by atoms with van der Waals surface area (Å²) >= 11 is 0. The van der Waals surface area contributed by atoms with Crippen molar-refractivity contribution in [1.29, 1.82) is 0 Å². The van der Waals surface area contributed by atoms with Gasteiger partial charge in [-0.15, -0.1) is 0 Å². The number of aryl methyl sites for hydroxylation is 1. The molecule has 1 saturated heterocycles. The van der Waals surface area contributed by atoms with E-state index in [9.17, 15) is 9.59 Å². The topological polar surface area (TPSA) is 67.2 Å². The number of hydrogen-bond acceptors (Lipinski definition) is 3. The molecule has 0 bridgehead atoms. The number of aromatic nitrogens is 2. The van der Waals surface area contributed by atoms with E-state index in [2.05, 4.69) is 10.4 Å². The van der Waals surface area contributed by atoms with Gasteiger partial charge in [0.1, 0.15) is 0 Å². The lowest BCUT2D eigenvalue weighted by Crippen LogP contribution is -2.47. The zero-order valence-corrected chi connectivity index (χ0v) is 11.6. The maximum Gasteiger partial charge on any atom is 0.225 e. The zero-order chi connectivity index (χ0) is 14.0. The minimum Gasteiger partial charge on any atom is -0.359 e. The van der Waals surface area contributed by atoms with E-state index in [1.807, 2.05) is 20.2 Å². The molecule has 1 aromatic heterocycles. The summed E-state index contributed by atoms with van der Waals surface area (Å²) in [6.07, 6.45) is 4.64. The summed E-state index contributed by atoms with van der Waals surface area (Å²) in [6.45, 7) is 2.54. The monoisotopic (exact) mass is 264 g/mol. The third kappa shape index (κ3) is 2.47. The molecule has 0 aromatic carbocycles. The van der Waals surface area contributed by atoms with Gasteiger partial charge in [-0.3, -0.25) is 14.3 Å². The molecule has 104 valence electrons. The van der Waals surface area contributed by atoms with Crippen LogP contribution in [0.15, 0.2) is 12.4 Å². The van der Waals surface area contributed by atoms with E-state index < -0.39 is 0 Å². The molecule has 0 spiro atoms. The van der Waals surface area contributed by atoms with Crippen molar-refractivity contribution in [2.45, 2.75) is 25.8 Å². The highest BCUT2D eigenvalue weighted by Crippen LogP contribution is 2.36. The standard InChI is InChI=1S/C13H20N4O2/c1-4-17-11(18)6-5-10(13(19)14-2)12(17)9-7-15-16(3)8-9/h7-8,10,12H,4-6H2,1-3H3,(H,14,19)/t10-,12-/m0/s1. The number of likely N-dealkylation sites (tertiary alicyclic amines) is 1. The Hall–Kier alpha value is -1.85. The summed E-state index contributed by atoms with van der Waals surface area (Å²) in [4.78, 5) is 25.9. The molecule has 2 heterocycles. The molecule has 2 amide bonds. The van der Waals surface area contributed by atoms with Crippen molar-refractivity contribution in [3.05, 3.63) is 18.0 Å². The molecule has 6 heteroatoms. The van der Waals surface area contributed by atoms with E-state index in [-0.39, 0.29) is 23.8 Å². The van der Waals surface area contributed by atoms with Crippen LogP contribution < -0.4 is 5.32 Å². The fourth-order valence-corrected chi connectivity index (χ4v) is 2.79. The van der Waals surface area contributed by atoms with Crippen LogP contribution in [-0.4, -0.2) is 40.1 Å². The molecule has 19 heavy (non-hydrogen) atoms. The van der Waals surface area contributed by atoms with Gasteiger partial charge in [-0.05, 0) is 13.3 Å². The number of hydrogen-bond donors (Lipinski definition) is 1. The minimum atomic E-state index is -0.208. The molecular weight excluding hydrogens is 244 g/mol. The molecule has 6 nitrogen and oxygen atoms in total. The van der Waals surface area contributed by atoms with Gasteiger partial charge in [0.05, 0.1) is 18.2 Å². The van der Waals surface area contributed by atoms with Crippen LogP contribution in [0.4, 0.5) is 0 Å². The molecule has 1 aliphatic heterocycles. The van der Waals surface area contributed by atoms with Gasteiger partial charge in [-0.2, -0.15) is 5.10 Å². The van der Waals surface area contributed by atoms with Gasteiger partial charge in [-0.1, -0.05) is 0 Å². The summed E-state index contributed by atoms with van der Waals surface area (Å²) in [5, 5.41) is 6.85. The Kier molecular flexibility index (Phi) is 3.87. The summed E-state index contributed by atoms with van der Waals surface area (Å²) in [7, 11) is 3.47. The van der Waals surface area contributed by atoms with Crippen molar-refractivity contribution in [3.8, 4) is 0 Å². The summed E-state index contributed by atoms with van der Waals surface area (Å²) < 4.78 is 1.70. The predicted octanol–water partition coefficient (Wildman–Crippen LogP) is 0.466. The van der Waals surface area contributed by atoms with E-state index in [0.29, 0.717) is 19.4 Å². The highest BCUT2D eigenvalue weighted by Gasteiger charge is 2.40. The minimum absolute atomic E-state index is 0.0141. The average Bonchev–Trinajstić information content (AvgIpc) is 2.83. The van der Waals surface area contributed by atoms with Crippen LogP contribution in [0.3, 0.4) is 0 Å². The highest BCUT2D eigenvalue weighted by atomic mass is 16.2. The summed E-state index contributed by atoms with van der Waals surface area (Å²) in [6, 6.07) is -0.208. The number of nitrogens with one attached hydrogen (secondary N) is 1. The molecular formula is C13H20N4O2. The van der Waals surface area contributed by atoms with Crippen LogP contribution in [-0.2, 0) is 16.6 Å². The second kappa shape index (κ2) is 5.42. The van der Waals surface area contributed by atoms with Crippen LogP contribution in [0.2, 0.25) is 0 Å². The fraction of sp³-hybridized carbons (Fsp3) is 0.615. The van der Waals surface area contributed by atoms with Gasteiger partial charge in [0.15, 0.2) is 0 Å². The van der Waals surface area contributed by atoms with E-state index >= 15 is 0 Å². The molecule has 1 aromatic rings. The molecule has 0 radical (unpaired) electrons. The molecule has 0 saturated carbocycles. The number of amides is 2. The first-order valence-corrected chi connectivity index (χ1v) is 6.58. The molecule has 2 rings (SSSR count). The van der Waals surface area contributed by atoms with Crippen LogP contribution >= 0.6 is 0 Å². The van der Waals surface area contributed by atoms with Crippen LogP contribution in [0.25, 0.3) is 0 Å². The van der Waals surface area contributed by atoms with E-state index in [0.717, 1.165) is 5.56 Å². The Morgan fingerprint density at radius 1 is 1.58 bits per heavy atom. The normalized spacial score (nSPS) is 23.5. The number of rotatable bonds is 3. The lowest BCUT2D eigenvalue weighted by atomic mass is 9.84. The number of nitrogens with zero attached hydrogens (tertiary/aromatic N) is 3. The Balaban J connectivity index is 2.38. The third-order valence-corrected chi connectivity index (χ3v) is 3.70. The second-order valence-electron chi connectivity index (χ2n) is 4.83. The largest absolute Gasteiger partial charge is 0.359 e. The van der Waals surface area contributed by atoms with Crippen molar-refractivity contribution in [1.82, 2.24) is 20.0 Å².